The molecule has 0 saturated carbocycles. The zero-order valence-corrected chi connectivity index (χ0v) is 12.2. The van der Waals surface area contributed by atoms with Crippen molar-refractivity contribution in [2.45, 2.75) is 58.8 Å². The predicted molar refractivity (Wildman–Crippen MR) is 73.3 cm³/mol. The van der Waals surface area contributed by atoms with E-state index in [0.29, 0.717) is 6.61 Å². The molecule has 0 bridgehead atoms. The molecule has 0 spiro atoms. The van der Waals surface area contributed by atoms with E-state index in [-0.39, 0.29) is 12.4 Å². The van der Waals surface area contributed by atoms with Crippen LogP contribution in [0, 0.1) is 0 Å². The van der Waals surface area contributed by atoms with Crippen molar-refractivity contribution in [1.82, 2.24) is 0 Å². The lowest BCUT2D eigenvalue weighted by Gasteiger charge is -2.19. The van der Waals surface area contributed by atoms with Gasteiger partial charge in [-0.05, 0) is 30.4 Å². The van der Waals surface area contributed by atoms with Gasteiger partial charge in [-0.3, -0.25) is 0 Å². The molecule has 0 aromatic rings. The number of halogens is 1. The fourth-order valence-corrected chi connectivity index (χ4v) is 1.87. The van der Waals surface area contributed by atoms with Crippen LogP contribution < -0.4 is 0 Å². The highest BCUT2D eigenvalue weighted by Crippen LogP contribution is 2.12. The first-order valence-corrected chi connectivity index (χ1v) is 7.03. The normalized spacial score (nSPS) is 15.7. The number of ether oxygens (including phenoxy) is 2. The van der Waals surface area contributed by atoms with E-state index in [0.717, 1.165) is 6.42 Å². The topological polar surface area (TPSA) is 18.5 Å². The Morgan fingerprint density at radius 1 is 1.27 bits per heavy atom. The molecule has 2 atom stereocenters. The van der Waals surface area contributed by atoms with Crippen molar-refractivity contribution in [3.05, 3.63) is 10.2 Å². The van der Waals surface area contributed by atoms with E-state index < -0.39 is 0 Å². The zero-order valence-electron chi connectivity index (χ0n) is 10.0. The summed E-state index contributed by atoms with van der Waals surface area (Å²) < 4.78 is 13.2. The van der Waals surface area contributed by atoms with Gasteiger partial charge in [-0.25, -0.2) is 0 Å². The fraction of sp³-hybridized carbons (Fsp3) is 0.833. The fourth-order valence-electron chi connectivity index (χ4n) is 1.41. The highest BCUT2D eigenvalue weighted by molar-refractivity contribution is 14.1. The van der Waals surface area contributed by atoms with E-state index in [1.165, 1.54) is 19.3 Å². The van der Waals surface area contributed by atoms with Crippen LogP contribution in [0.3, 0.4) is 0 Å². The molecule has 0 saturated heterocycles. The SMILES string of the molecule is CCCCCC(/C=C/I)OC(C)OCC. The van der Waals surface area contributed by atoms with Crippen LogP contribution in [-0.2, 0) is 9.47 Å². The van der Waals surface area contributed by atoms with Crippen LogP contribution in [0.2, 0.25) is 0 Å². The van der Waals surface area contributed by atoms with Gasteiger partial charge < -0.3 is 9.47 Å². The molecule has 0 rings (SSSR count). The summed E-state index contributed by atoms with van der Waals surface area (Å²) in [6, 6.07) is 0. The molecule has 2 nitrogen and oxygen atoms in total. The second-order valence-electron chi connectivity index (χ2n) is 3.51. The number of unbranched alkanes of at least 4 members (excludes halogenated alkanes) is 2. The quantitative estimate of drug-likeness (QED) is 0.358. The Kier molecular flexibility index (Phi) is 11.2. The molecule has 0 aliphatic heterocycles. The molecule has 0 aromatic carbocycles. The molecule has 0 aliphatic rings. The average molecular weight is 326 g/mol. The summed E-state index contributed by atoms with van der Waals surface area (Å²) in [7, 11) is 0. The molecule has 15 heavy (non-hydrogen) atoms. The Labute approximate surface area is 108 Å². The highest BCUT2D eigenvalue weighted by atomic mass is 127. The molecule has 0 heterocycles. The summed E-state index contributed by atoms with van der Waals surface area (Å²) >= 11 is 2.23. The predicted octanol–water partition coefficient (Wildman–Crippen LogP) is 4.28. The second-order valence-corrected chi connectivity index (χ2v) is 4.23. The van der Waals surface area contributed by atoms with Gasteiger partial charge in [-0.15, -0.1) is 0 Å². The van der Waals surface area contributed by atoms with E-state index in [2.05, 4.69) is 35.6 Å². The van der Waals surface area contributed by atoms with E-state index in [1.54, 1.807) is 0 Å². The molecule has 0 fully saturated rings. The van der Waals surface area contributed by atoms with E-state index >= 15 is 0 Å². The smallest absolute Gasteiger partial charge is 0.155 e. The van der Waals surface area contributed by atoms with Crippen LogP contribution >= 0.6 is 22.6 Å². The third-order valence-electron chi connectivity index (χ3n) is 2.15. The minimum absolute atomic E-state index is 0.103. The van der Waals surface area contributed by atoms with Crippen LogP contribution in [-0.4, -0.2) is 19.0 Å². The maximum absolute atomic E-state index is 5.76. The molecular formula is C12H23IO2. The van der Waals surface area contributed by atoms with Gasteiger partial charge in [-0.1, -0.05) is 48.8 Å². The van der Waals surface area contributed by atoms with Gasteiger partial charge in [-0.2, -0.15) is 0 Å². The van der Waals surface area contributed by atoms with Gasteiger partial charge in [0.15, 0.2) is 6.29 Å². The van der Waals surface area contributed by atoms with Gasteiger partial charge >= 0.3 is 0 Å². The Hall–Kier alpha value is 0.390. The van der Waals surface area contributed by atoms with Crippen molar-refractivity contribution in [1.29, 1.82) is 0 Å². The lowest BCUT2D eigenvalue weighted by Crippen LogP contribution is -2.20. The summed E-state index contributed by atoms with van der Waals surface area (Å²) in [6.45, 7) is 6.86. The Morgan fingerprint density at radius 2 is 2.00 bits per heavy atom. The molecule has 3 heteroatoms. The summed E-state index contributed by atoms with van der Waals surface area (Å²) in [5.74, 6) is 0. The van der Waals surface area contributed by atoms with Gasteiger partial charge in [0.2, 0.25) is 0 Å². The number of hydrogen-bond acceptors (Lipinski definition) is 2. The third kappa shape index (κ3) is 9.33. The molecule has 0 aromatic heterocycles. The van der Waals surface area contributed by atoms with Crippen molar-refractivity contribution < 1.29 is 9.47 Å². The molecule has 0 amide bonds. The van der Waals surface area contributed by atoms with E-state index in [4.69, 9.17) is 9.47 Å². The van der Waals surface area contributed by atoms with Crippen LogP contribution in [0.1, 0.15) is 46.5 Å². The molecule has 0 radical (unpaired) electrons. The van der Waals surface area contributed by atoms with Gasteiger partial charge in [0.05, 0.1) is 6.10 Å². The van der Waals surface area contributed by atoms with E-state index in [1.807, 2.05) is 17.9 Å². The molecule has 0 aliphatic carbocycles. The first-order chi connectivity index (χ1) is 7.24. The van der Waals surface area contributed by atoms with Crippen molar-refractivity contribution in [2.75, 3.05) is 6.61 Å². The molecular weight excluding hydrogens is 303 g/mol. The van der Waals surface area contributed by atoms with Crippen LogP contribution in [0.5, 0.6) is 0 Å². The van der Waals surface area contributed by atoms with Gasteiger partial charge in [0.25, 0.3) is 0 Å². The average Bonchev–Trinajstić information content (AvgIpc) is 2.18. The van der Waals surface area contributed by atoms with E-state index in [9.17, 15) is 0 Å². The Morgan fingerprint density at radius 3 is 2.53 bits per heavy atom. The van der Waals surface area contributed by atoms with Crippen molar-refractivity contribution in [3.63, 3.8) is 0 Å². The van der Waals surface area contributed by atoms with Crippen LogP contribution in [0.4, 0.5) is 0 Å². The first kappa shape index (κ1) is 15.4. The monoisotopic (exact) mass is 326 g/mol. The lowest BCUT2D eigenvalue weighted by molar-refractivity contribution is -0.147. The third-order valence-corrected chi connectivity index (χ3v) is 2.56. The van der Waals surface area contributed by atoms with Crippen LogP contribution in [0.15, 0.2) is 10.2 Å². The highest BCUT2D eigenvalue weighted by Gasteiger charge is 2.09. The number of rotatable bonds is 9. The maximum Gasteiger partial charge on any atom is 0.155 e. The molecule has 0 N–H and O–H groups in total. The van der Waals surface area contributed by atoms with Gasteiger partial charge in [0.1, 0.15) is 0 Å². The first-order valence-electron chi connectivity index (χ1n) is 5.78. The van der Waals surface area contributed by atoms with Crippen molar-refractivity contribution in [2.24, 2.45) is 0 Å². The Bertz CT molecular complexity index is 160. The van der Waals surface area contributed by atoms with Gasteiger partial charge in [0, 0.05) is 6.61 Å². The summed E-state index contributed by atoms with van der Waals surface area (Å²) in [5, 5.41) is 0. The molecule has 2 unspecified atom stereocenters. The Balaban J connectivity index is 3.81. The summed E-state index contributed by atoms with van der Waals surface area (Å²) in [6.07, 6.45) is 7.04. The standard InChI is InChI=1S/C12H23IO2/c1-4-6-7-8-12(9-10-13)15-11(3)14-5-2/h9-12H,4-8H2,1-3H3/b10-9+. The summed E-state index contributed by atoms with van der Waals surface area (Å²) in [5.41, 5.74) is 0. The summed E-state index contributed by atoms with van der Waals surface area (Å²) in [4.78, 5) is 0. The second kappa shape index (κ2) is 10.9. The maximum atomic E-state index is 5.76. The zero-order chi connectivity index (χ0) is 11.5. The minimum Gasteiger partial charge on any atom is -0.353 e. The van der Waals surface area contributed by atoms with Crippen molar-refractivity contribution in [3.8, 4) is 0 Å². The number of hydrogen-bond donors (Lipinski definition) is 0. The van der Waals surface area contributed by atoms with Crippen LogP contribution in [0.25, 0.3) is 0 Å². The van der Waals surface area contributed by atoms with Crippen molar-refractivity contribution >= 4 is 22.6 Å². The molecule has 90 valence electrons. The lowest BCUT2D eigenvalue weighted by atomic mass is 10.1. The largest absolute Gasteiger partial charge is 0.353 e. The minimum atomic E-state index is -0.103.